The molecule has 3 nitrogen and oxygen atoms in total. The topological polar surface area (TPSA) is 59.0 Å². The van der Waals surface area contributed by atoms with Gasteiger partial charge in [-0.2, -0.15) is 17.0 Å². The largest absolute Gasteiger partial charge is 0.384 e. The van der Waals surface area contributed by atoms with Gasteiger partial charge in [-0.05, 0) is 0 Å². The Bertz CT molecular complexity index is 113. The smallest absolute Gasteiger partial charge is 0.102 e. The van der Waals surface area contributed by atoms with Crippen molar-refractivity contribution in [3.05, 3.63) is 0 Å². The van der Waals surface area contributed by atoms with Gasteiger partial charge < -0.3 is 10.5 Å². The van der Waals surface area contributed by atoms with E-state index in [1.807, 2.05) is 6.07 Å². The minimum atomic E-state index is -0.332. The van der Waals surface area contributed by atoms with Gasteiger partial charge in [0.1, 0.15) is 6.04 Å². The molecule has 0 spiro atoms. The average Bonchev–Trinajstić information content (AvgIpc) is 1.98. The average molecular weight is 160 g/mol. The van der Waals surface area contributed by atoms with Crippen LogP contribution >= 0.6 is 11.8 Å². The van der Waals surface area contributed by atoms with Crippen LogP contribution in [0.3, 0.4) is 0 Å². The quantitative estimate of drug-likeness (QED) is 0.584. The van der Waals surface area contributed by atoms with E-state index in [4.69, 9.17) is 15.7 Å². The van der Waals surface area contributed by atoms with Crippen LogP contribution in [0.15, 0.2) is 0 Å². The molecule has 58 valence electrons. The molecule has 0 fully saturated rings. The summed E-state index contributed by atoms with van der Waals surface area (Å²) in [6.07, 6.45) is 0. The van der Waals surface area contributed by atoms with Gasteiger partial charge in [0.25, 0.3) is 0 Å². The van der Waals surface area contributed by atoms with Crippen molar-refractivity contribution >= 4 is 11.8 Å². The third kappa shape index (κ3) is 5.89. The first kappa shape index (κ1) is 9.76. The summed E-state index contributed by atoms with van der Waals surface area (Å²) in [4.78, 5) is 0. The molecule has 0 aromatic rings. The molecule has 0 aliphatic rings. The Morgan fingerprint density at radius 3 is 3.00 bits per heavy atom. The van der Waals surface area contributed by atoms with E-state index < -0.39 is 0 Å². The van der Waals surface area contributed by atoms with Crippen molar-refractivity contribution in [1.82, 2.24) is 0 Å². The summed E-state index contributed by atoms with van der Waals surface area (Å²) in [6, 6.07) is 1.63. The van der Waals surface area contributed by atoms with Crippen LogP contribution < -0.4 is 5.73 Å². The maximum absolute atomic E-state index is 8.27. The molecule has 1 unspecified atom stereocenters. The van der Waals surface area contributed by atoms with Crippen LogP contribution in [0.2, 0.25) is 0 Å². The second-order valence-electron chi connectivity index (χ2n) is 1.80. The number of ether oxygens (including phenoxy) is 1. The first-order chi connectivity index (χ1) is 4.81. The fourth-order valence-corrected chi connectivity index (χ4v) is 1.17. The summed E-state index contributed by atoms with van der Waals surface area (Å²) < 4.78 is 4.81. The lowest BCUT2D eigenvalue weighted by Crippen LogP contribution is -2.20. The van der Waals surface area contributed by atoms with Gasteiger partial charge in [0.2, 0.25) is 0 Å². The molecule has 2 N–H and O–H groups in total. The SMILES string of the molecule is COCCSCC(N)C#N. The Kier molecular flexibility index (Phi) is 6.71. The molecule has 0 radical (unpaired) electrons. The summed E-state index contributed by atoms with van der Waals surface area (Å²) in [6.45, 7) is 0.725. The summed E-state index contributed by atoms with van der Waals surface area (Å²) in [5.74, 6) is 1.60. The predicted molar refractivity (Wildman–Crippen MR) is 42.8 cm³/mol. The third-order valence-electron chi connectivity index (χ3n) is 0.895. The highest BCUT2D eigenvalue weighted by atomic mass is 32.2. The van der Waals surface area contributed by atoms with Crippen LogP contribution in [0.5, 0.6) is 0 Å². The second kappa shape index (κ2) is 6.87. The molecule has 1 atom stereocenters. The molecule has 0 saturated carbocycles. The van der Waals surface area contributed by atoms with Gasteiger partial charge in [-0.3, -0.25) is 0 Å². The number of hydrogen-bond donors (Lipinski definition) is 1. The maximum atomic E-state index is 8.27. The standard InChI is InChI=1S/C6H12N2OS/c1-9-2-3-10-5-6(8)4-7/h6H,2-3,5,8H2,1H3. The molecule has 0 aliphatic heterocycles. The van der Waals surface area contributed by atoms with Crippen molar-refractivity contribution in [3.63, 3.8) is 0 Å². The van der Waals surface area contributed by atoms with Crippen molar-refractivity contribution in [1.29, 1.82) is 5.26 Å². The van der Waals surface area contributed by atoms with Crippen molar-refractivity contribution in [3.8, 4) is 6.07 Å². The van der Waals surface area contributed by atoms with E-state index in [0.717, 1.165) is 12.4 Å². The molecule has 0 heterocycles. The molecule has 0 bridgehead atoms. The van der Waals surface area contributed by atoms with Gasteiger partial charge in [0.05, 0.1) is 12.7 Å². The van der Waals surface area contributed by atoms with Gasteiger partial charge in [0, 0.05) is 18.6 Å². The molecule has 0 saturated heterocycles. The summed E-state index contributed by atoms with van der Waals surface area (Å²) in [5, 5.41) is 8.27. The molecule has 10 heavy (non-hydrogen) atoms. The van der Waals surface area contributed by atoms with Gasteiger partial charge in [-0.25, -0.2) is 0 Å². The highest BCUT2D eigenvalue weighted by Gasteiger charge is 1.97. The molecular formula is C6H12N2OS. The van der Waals surface area contributed by atoms with Crippen LogP contribution in [0, 0.1) is 11.3 Å². The van der Waals surface area contributed by atoms with E-state index in [9.17, 15) is 0 Å². The van der Waals surface area contributed by atoms with E-state index in [1.54, 1.807) is 18.9 Å². The predicted octanol–water partition coefficient (Wildman–Crippen LogP) is 0.217. The summed E-state index contributed by atoms with van der Waals surface area (Å²) in [7, 11) is 1.66. The van der Waals surface area contributed by atoms with Crippen molar-refractivity contribution in [2.24, 2.45) is 5.73 Å². The lowest BCUT2D eigenvalue weighted by Gasteiger charge is -2.00. The highest BCUT2D eigenvalue weighted by molar-refractivity contribution is 7.99. The van der Waals surface area contributed by atoms with E-state index in [1.165, 1.54) is 0 Å². The van der Waals surface area contributed by atoms with Gasteiger partial charge >= 0.3 is 0 Å². The Labute approximate surface area is 65.5 Å². The van der Waals surface area contributed by atoms with Crippen LogP contribution in [0.4, 0.5) is 0 Å². The van der Waals surface area contributed by atoms with Crippen molar-refractivity contribution < 1.29 is 4.74 Å². The Balaban J connectivity index is 2.98. The molecule has 0 amide bonds. The zero-order valence-corrected chi connectivity index (χ0v) is 6.86. The normalized spacial score (nSPS) is 12.5. The van der Waals surface area contributed by atoms with E-state index in [0.29, 0.717) is 5.75 Å². The van der Waals surface area contributed by atoms with Crippen LogP contribution in [-0.4, -0.2) is 31.3 Å². The second-order valence-corrected chi connectivity index (χ2v) is 2.95. The molecule has 0 aromatic heterocycles. The Morgan fingerprint density at radius 1 is 1.80 bits per heavy atom. The van der Waals surface area contributed by atoms with Gasteiger partial charge in [0.15, 0.2) is 0 Å². The number of rotatable bonds is 5. The zero-order valence-electron chi connectivity index (χ0n) is 6.04. The number of nitriles is 1. The summed E-state index contributed by atoms with van der Waals surface area (Å²) in [5.41, 5.74) is 5.33. The molecular weight excluding hydrogens is 148 g/mol. The first-order valence-electron chi connectivity index (χ1n) is 3.03. The monoisotopic (exact) mass is 160 g/mol. The Hall–Kier alpha value is -0.240. The van der Waals surface area contributed by atoms with E-state index in [2.05, 4.69) is 0 Å². The number of nitrogens with zero attached hydrogens (tertiary/aromatic N) is 1. The zero-order chi connectivity index (χ0) is 7.82. The lowest BCUT2D eigenvalue weighted by molar-refractivity contribution is 0.218. The fourth-order valence-electron chi connectivity index (χ4n) is 0.390. The van der Waals surface area contributed by atoms with E-state index >= 15 is 0 Å². The molecule has 4 heteroatoms. The van der Waals surface area contributed by atoms with Crippen molar-refractivity contribution in [2.75, 3.05) is 25.2 Å². The summed E-state index contributed by atoms with van der Waals surface area (Å²) >= 11 is 1.64. The fraction of sp³-hybridized carbons (Fsp3) is 0.833. The number of nitrogens with two attached hydrogens (primary N) is 1. The highest BCUT2D eigenvalue weighted by Crippen LogP contribution is 1.99. The maximum Gasteiger partial charge on any atom is 0.102 e. The van der Waals surface area contributed by atoms with Crippen molar-refractivity contribution in [2.45, 2.75) is 6.04 Å². The lowest BCUT2D eigenvalue weighted by atomic mass is 10.4. The minimum absolute atomic E-state index is 0.332. The molecule has 0 aliphatic carbocycles. The van der Waals surface area contributed by atoms with Gasteiger partial charge in [-0.1, -0.05) is 0 Å². The van der Waals surface area contributed by atoms with Crippen LogP contribution in [0.25, 0.3) is 0 Å². The number of hydrogen-bond acceptors (Lipinski definition) is 4. The number of thioether (sulfide) groups is 1. The van der Waals surface area contributed by atoms with E-state index in [-0.39, 0.29) is 6.04 Å². The number of methoxy groups -OCH3 is 1. The van der Waals surface area contributed by atoms with Gasteiger partial charge in [-0.15, -0.1) is 0 Å². The molecule has 0 aromatic carbocycles. The third-order valence-corrected chi connectivity index (χ3v) is 1.95. The minimum Gasteiger partial charge on any atom is -0.384 e. The van der Waals surface area contributed by atoms with Crippen LogP contribution in [0.1, 0.15) is 0 Å². The van der Waals surface area contributed by atoms with Crippen LogP contribution in [-0.2, 0) is 4.74 Å². The first-order valence-corrected chi connectivity index (χ1v) is 4.18. The molecule has 0 rings (SSSR count). The Morgan fingerprint density at radius 2 is 2.50 bits per heavy atom.